The first-order valence-corrected chi connectivity index (χ1v) is 5.73. The third kappa shape index (κ3) is 5.35. The van der Waals surface area contributed by atoms with Crippen LogP contribution < -0.4 is 5.32 Å². The van der Waals surface area contributed by atoms with E-state index in [-0.39, 0.29) is 6.54 Å². The minimum Gasteiger partial charge on any atom is -0.361 e. The van der Waals surface area contributed by atoms with E-state index >= 15 is 0 Å². The summed E-state index contributed by atoms with van der Waals surface area (Å²) in [6.45, 7) is -1.50. The van der Waals surface area contributed by atoms with E-state index in [2.05, 4.69) is 26.2 Å². The van der Waals surface area contributed by atoms with Gasteiger partial charge in [-0.15, -0.1) is 0 Å². The van der Waals surface area contributed by atoms with Gasteiger partial charge in [-0.25, -0.2) is 4.98 Å². The number of likely N-dealkylation sites (N-methyl/N-ethyl adjacent to an activating group) is 1. The molecule has 1 aromatic rings. The van der Waals surface area contributed by atoms with Crippen LogP contribution in [0.2, 0.25) is 0 Å². The van der Waals surface area contributed by atoms with Gasteiger partial charge in [-0.2, -0.15) is 13.2 Å². The fourth-order valence-corrected chi connectivity index (χ4v) is 1.37. The van der Waals surface area contributed by atoms with Crippen molar-refractivity contribution in [3.63, 3.8) is 0 Å². The van der Waals surface area contributed by atoms with Gasteiger partial charge in [0.1, 0.15) is 12.4 Å². The smallest absolute Gasteiger partial charge is 0.361 e. The summed E-state index contributed by atoms with van der Waals surface area (Å²) in [6, 6.07) is 3.32. The van der Waals surface area contributed by atoms with Crippen LogP contribution in [0.4, 0.5) is 19.0 Å². The average Bonchev–Trinajstić information content (AvgIpc) is 2.25. The molecule has 1 aromatic heterocycles. The number of alkyl halides is 3. The van der Waals surface area contributed by atoms with Gasteiger partial charge in [0, 0.05) is 17.7 Å². The molecule has 1 rings (SSSR count). The Hall–Kier alpha value is -1.31. The number of amides is 1. The van der Waals surface area contributed by atoms with Crippen LogP contribution in [0, 0.1) is 0 Å². The molecule has 8 heteroatoms. The second kappa shape index (κ2) is 6.03. The second-order valence-corrected chi connectivity index (χ2v) is 4.50. The van der Waals surface area contributed by atoms with Crippen molar-refractivity contribution in [3.8, 4) is 0 Å². The molecule has 100 valence electrons. The highest BCUT2D eigenvalue weighted by Crippen LogP contribution is 2.15. The third-order valence-electron chi connectivity index (χ3n) is 1.99. The molecule has 0 atom stereocenters. The van der Waals surface area contributed by atoms with Crippen molar-refractivity contribution >= 4 is 27.7 Å². The summed E-state index contributed by atoms with van der Waals surface area (Å²) in [5.74, 6) is -0.232. The topological polar surface area (TPSA) is 45.2 Å². The molecule has 4 nitrogen and oxygen atoms in total. The predicted molar refractivity (Wildman–Crippen MR) is 64.1 cm³/mol. The van der Waals surface area contributed by atoms with E-state index in [0.29, 0.717) is 10.7 Å². The van der Waals surface area contributed by atoms with Crippen molar-refractivity contribution in [1.82, 2.24) is 9.88 Å². The van der Waals surface area contributed by atoms with Crippen LogP contribution in [0.25, 0.3) is 0 Å². The fourth-order valence-electron chi connectivity index (χ4n) is 1.14. The van der Waals surface area contributed by atoms with Gasteiger partial charge in [0.15, 0.2) is 0 Å². The molecule has 0 aromatic carbocycles. The molecule has 1 heterocycles. The molecule has 0 radical (unpaired) electrons. The van der Waals surface area contributed by atoms with E-state index in [9.17, 15) is 18.0 Å². The zero-order valence-corrected chi connectivity index (χ0v) is 11.0. The number of hydrogen-bond acceptors (Lipinski definition) is 3. The molecule has 18 heavy (non-hydrogen) atoms. The Morgan fingerprint density at radius 2 is 2.17 bits per heavy atom. The zero-order valence-electron chi connectivity index (χ0n) is 9.46. The van der Waals surface area contributed by atoms with Gasteiger partial charge in [0.05, 0.1) is 6.54 Å². The second-order valence-electron chi connectivity index (χ2n) is 3.58. The zero-order chi connectivity index (χ0) is 13.8. The summed E-state index contributed by atoms with van der Waals surface area (Å²) < 4.78 is 36.9. The number of nitrogens with zero attached hydrogens (tertiary/aromatic N) is 2. The Morgan fingerprint density at radius 3 is 2.67 bits per heavy atom. The fraction of sp³-hybridized carbons (Fsp3) is 0.400. The van der Waals surface area contributed by atoms with E-state index in [4.69, 9.17) is 0 Å². The van der Waals surface area contributed by atoms with Crippen LogP contribution in [0.3, 0.4) is 0 Å². The lowest BCUT2D eigenvalue weighted by Crippen LogP contribution is -2.38. The lowest BCUT2D eigenvalue weighted by Gasteiger charge is -2.19. The number of rotatable bonds is 4. The van der Waals surface area contributed by atoms with E-state index < -0.39 is 18.6 Å². The lowest BCUT2D eigenvalue weighted by molar-refractivity contribution is -0.157. The van der Waals surface area contributed by atoms with Crippen molar-refractivity contribution in [2.75, 3.05) is 25.5 Å². The molecule has 0 aliphatic heterocycles. The molecule has 0 aliphatic rings. The van der Waals surface area contributed by atoms with Crippen LogP contribution in [0.15, 0.2) is 22.8 Å². The number of carbonyl (C=O) groups is 1. The number of hydrogen-bond donors (Lipinski definition) is 1. The molecule has 0 unspecified atom stereocenters. The maximum atomic E-state index is 12.0. The Labute approximate surface area is 110 Å². The van der Waals surface area contributed by atoms with Gasteiger partial charge < -0.3 is 10.2 Å². The quantitative estimate of drug-likeness (QED) is 0.923. The van der Waals surface area contributed by atoms with Crippen LogP contribution in [-0.4, -0.2) is 42.1 Å². The van der Waals surface area contributed by atoms with Gasteiger partial charge in [0.2, 0.25) is 5.91 Å². The summed E-state index contributed by atoms with van der Waals surface area (Å²) in [4.78, 5) is 15.9. The summed E-state index contributed by atoms with van der Waals surface area (Å²) in [5, 5.41) is 2.65. The van der Waals surface area contributed by atoms with Crippen LogP contribution >= 0.6 is 15.9 Å². The van der Waals surface area contributed by atoms with Crippen LogP contribution in [-0.2, 0) is 4.79 Å². The molecule has 1 amide bonds. The number of halogens is 4. The molecular weight excluding hydrogens is 315 g/mol. The molecule has 0 spiro atoms. The van der Waals surface area contributed by atoms with Gasteiger partial charge in [-0.1, -0.05) is 0 Å². The SMILES string of the molecule is CN(CC(F)(F)F)C(=O)CNc1ccc(Br)cn1. The van der Waals surface area contributed by atoms with Crippen molar-refractivity contribution in [3.05, 3.63) is 22.8 Å². The predicted octanol–water partition coefficient (Wildman–Crippen LogP) is 2.28. The maximum absolute atomic E-state index is 12.0. The van der Waals surface area contributed by atoms with Crippen molar-refractivity contribution < 1.29 is 18.0 Å². The number of carbonyl (C=O) groups excluding carboxylic acids is 1. The van der Waals surface area contributed by atoms with Gasteiger partial charge in [-0.3, -0.25) is 4.79 Å². The maximum Gasteiger partial charge on any atom is 0.406 e. The van der Waals surface area contributed by atoms with E-state index in [1.54, 1.807) is 12.1 Å². The Kier molecular flexibility index (Phi) is 4.94. The van der Waals surface area contributed by atoms with Crippen LogP contribution in [0.5, 0.6) is 0 Å². The highest BCUT2D eigenvalue weighted by molar-refractivity contribution is 9.10. The molecule has 0 fully saturated rings. The highest BCUT2D eigenvalue weighted by Gasteiger charge is 2.30. The first-order chi connectivity index (χ1) is 8.28. The highest BCUT2D eigenvalue weighted by atomic mass is 79.9. The Bertz CT molecular complexity index is 408. The largest absolute Gasteiger partial charge is 0.406 e. The lowest BCUT2D eigenvalue weighted by atomic mass is 10.4. The van der Waals surface area contributed by atoms with Gasteiger partial charge >= 0.3 is 6.18 Å². The first kappa shape index (κ1) is 14.7. The summed E-state index contributed by atoms with van der Waals surface area (Å²) in [7, 11) is 1.10. The van der Waals surface area contributed by atoms with E-state index in [1.807, 2.05) is 0 Å². The van der Waals surface area contributed by atoms with Crippen molar-refractivity contribution in [2.45, 2.75) is 6.18 Å². The van der Waals surface area contributed by atoms with Crippen molar-refractivity contribution in [1.29, 1.82) is 0 Å². The number of pyridine rings is 1. The third-order valence-corrected chi connectivity index (χ3v) is 2.46. The number of nitrogens with one attached hydrogen (secondary N) is 1. The van der Waals surface area contributed by atoms with E-state index in [1.165, 1.54) is 6.20 Å². The molecule has 0 aliphatic carbocycles. The number of aromatic nitrogens is 1. The Morgan fingerprint density at radius 1 is 1.50 bits per heavy atom. The van der Waals surface area contributed by atoms with E-state index in [0.717, 1.165) is 11.5 Å². The molecule has 0 saturated carbocycles. The van der Waals surface area contributed by atoms with Gasteiger partial charge in [-0.05, 0) is 28.1 Å². The first-order valence-electron chi connectivity index (χ1n) is 4.94. The van der Waals surface area contributed by atoms with Gasteiger partial charge in [0.25, 0.3) is 0 Å². The monoisotopic (exact) mass is 325 g/mol. The molecule has 1 N–H and O–H groups in total. The van der Waals surface area contributed by atoms with Crippen LogP contribution in [0.1, 0.15) is 0 Å². The average molecular weight is 326 g/mol. The molecule has 0 bridgehead atoms. The summed E-state index contributed by atoms with van der Waals surface area (Å²) in [6.07, 6.45) is -2.87. The molecule has 0 saturated heterocycles. The minimum absolute atomic E-state index is 0.235. The Balaban J connectivity index is 2.43. The summed E-state index contributed by atoms with van der Waals surface area (Å²) in [5.41, 5.74) is 0. The number of anilines is 1. The normalized spacial score (nSPS) is 11.2. The minimum atomic E-state index is -4.39. The summed E-state index contributed by atoms with van der Waals surface area (Å²) >= 11 is 3.19. The van der Waals surface area contributed by atoms with Crippen molar-refractivity contribution in [2.24, 2.45) is 0 Å². The molecular formula is C10H11BrF3N3O. The standard InChI is InChI=1S/C10H11BrF3N3O/c1-17(6-10(12,13)14)9(18)5-16-8-3-2-7(11)4-15-8/h2-4H,5-6H2,1H3,(H,15,16).